The maximum absolute atomic E-state index is 13.3. The van der Waals surface area contributed by atoms with Crippen LogP contribution in [0.4, 0.5) is 4.39 Å². The zero-order chi connectivity index (χ0) is 24.3. The second-order valence-corrected chi connectivity index (χ2v) is 9.79. The number of sulfonamides is 1. The van der Waals surface area contributed by atoms with Gasteiger partial charge in [-0.2, -0.15) is 0 Å². The molecule has 0 aliphatic carbocycles. The number of fused-ring (bicyclic) bond motifs is 1. The van der Waals surface area contributed by atoms with Gasteiger partial charge < -0.3 is 10.2 Å². The van der Waals surface area contributed by atoms with Crippen LogP contribution >= 0.6 is 0 Å². The van der Waals surface area contributed by atoms with Gasteiger partial charge in [0.2, 0.25) is 11.8 Å². The third-order valence-corrected chi connectivity index (χ3v) is 7.41. The zero-order valence-electron chi connectivity index (χ0n) is 18.6. The third kappa shape index (κ3) is 5.05. The van der Waals surface area contributed by atoms with Crippen LogP contribution in [-0.2, 0) is 26.2 Å². The minimum absolute atomic E-state index is 0.00190. The minimum Gasteiger partial charge on any atom is -0.352 e. The molecule has 176 valence electrons. The molecule has 33 heavy (non-hydrogen) atoms. The summed E-state index contributed by atoms with van der Waals surface area (Å²) in [6, 6.07) is 10.1. The Balaban J connectivity index is 1.88. The number of halogens is 1. The zero-order valence-corrected chi connectivity index (χ0v) is 19.4. The summed E-state index contributed by atoms with van der Waals surface area (Å²) in [7, 11) is -4.19. The van der Waals surface area contributed by atoms with Gasteiger partial charge in [0.05, 0.1) is 5.56 Å². The standard InChI is InChI=1S/C23H26FN3O5S/c1-4-15(2)25-22(29)16(3)26(13-17-9-11-18(24)12-10-17)21(28)14-27-23(30)19-7-5-6-8-20(19)33(27,31)32/h5-12,15-16H,4,13-14H2,1-3H3,(H,25,29)/t15-,16+/m0/s1. The van der Waals surface area contributed by atoms with Gasteiger partial charge in [0.15, 0.2) is 0 Å². The fourth-order valence-corrected chi connectivity index (χ4v) is 4.95. The Morgan fingerprint density at radius 3 is 2.33 bits per heavy atom. The summed E-state index contributed by atoms with van der Waals surface area (Å²) in [6.45, 7) is 4.43. The van der Waals surface area contributed by atoms with Crippen LogP contribution < -0.4 is 5.32 Å². The van der Waals surface area contributed by atoms with Crippen molar-refractivity contribution in [2.45, 2.75) is 50.7 Å². The van der Waals surface area contributed by atoms with E-state index < -0.39 is 46.1 Å². The molecule has 2 aromatic carbocycles. The molecule has 0 saturated heterocycles. The van der Waals surface area contributed by atoms with Gasteiger partial charge >= 0.3 is 0 Å². The Bertz CT molecular complexity index is 1170. The highest BCUT2D eigenvalue weighted by Gasteiger charge is 2.43. The minimum atomic E-state index is -4.19. The topological polar surface area (TPSA) is 104 Å². The Labute approximate surface area is 192 Å². The molecule has 1 N–H and O–H groups in total. The highest BCUT2D eigenvalue weighted by atomic mass is 32.2. The first kappa shape index (κ1) is 24.4. The highest BCUT2D eigenvalue weighted by molar-refractivity contribution is 7.90. The summed E-state index contributed by atoms with van der Waals surface area (Å²) < 4.78 is 39.6. The largest absolute Gasteiger partial charge is 0.352 e. The third-order valence-electron chi connectivity index (χ3n) is 5.63. The average molecular weight is 476 g/mol. The summed E-state index contributed by atoms with van der Waals surface area (Å²) >= 11 is 0. The summed E-state index contributed by atoms with van der Waals surface area (Å²) in [5.74, 6) is -2.39. The van der Waals surface area contributed by atoms with E-state index in [1.165, 1.54) is 54.3 Å². The van der Waals surface area contributed by atoms with E-state index >= 15 is 0 Å². The van der Waals surface area contributed by atoms with E-state index in [1.807, 2.05) is 13.8 Å². The average Bonchev–Trinajstić information content (AvgIpc) is 2.98. The number of benzene rings is 2. The van der Waals surface area contributed by atoms with Crippen LogP contribution in [0.2, 0.25) is 0 Å². The molecule has 0 fully saturated rings. The number of amides is 3. The van der Waals surface area contributed by atoms with Crippen molar-refractivity contribution in [1.29, 1.82) is 0 Å². The van der Waals surface area contributed by atoms with Crippen molar-refractivity contribution >= 4 is 27.7 Å². The molecule has 1 aliphatic heterocycles. The van der Waals surface area contributed by atoms with Crippen LogP contribution in [0.5, 0.6) is 0 Å². The molecule has 10 heteroatoms. The van der Waals surface area contributed by atoms with Crippen LogP contribution in [-0.4, -0.2) is 54.0 Å². The number of carbonyl (C=O) groups excluding carboxylic acids is 3. The number of rotatable bonds is 8. The van der Waals surface area contributed by atoms with Gasteiger partial charge in [-0.3, -0.25) is 14.4 Å². The van der Waals surface area contributed by atoms with Gasteiger partial charge in [-0.05, 0) is 50.1 Å². The molecule has 1 heterocycles. The summed E-state index contributed by atoms with van der Waals surface area (Å²) in [4.78, 5) is 39.8. The van der Waals surface area contributed by atoms with Crippen LogP contribution in [0, 0.1) is 5.82 Å². The maximum atomic E-state index is 13.3. The fourth-order valence-electron chi connectivity index (χ4n) is 3.44. The molecular weight excluding hydrogens is 449 g/mol. The van der Waals surface area contributed by atoms with E-state index in [2.05, 4.69) is 5.32 Å². The first-order valence-corrected chi connectivity index (χ1v) is 12.0. The first-order chi connectivity index (χ1) is 15.6. The number of nitrogens with zero attached hydrogens (tertiary/aromatic N) is 2. The molecule has 3 rings (SSSR count). The Morgan fingerprint density at radius 1 is 1.09 bits per heavy atom. The first-order valence-electron chi connectivity index (χ1n) is 10.6. The second-order valence-electron chi connectivity index (χ2n) is 7.95. The lowest BCUT2D eigenvalue weighted by Crippen LogP contribution is -2.52. The van der Waals surface area contributed by atoms with Gasteiger partial charge in [-0.15, -0.1) is 0 Å². The Morgan fingerprint density at radius 2 is 1.73 bits per heavy atom. The molecule has 0 saturated carbocycles. The van der Waals surface area contributed by atoms with Crippen molar-refractivity contribution in [2.24, 2.45) is 0 Å². The van der Waals surface area contributed by atoms with Gasteiger partial charge in [0, 0.05) is 12.6 Å². The molecule has 2 aromatic rings. The van der Waals surface area contributed by atoms with E-state index in [0.717, 1.165) is 0 Å². The highest BCUT2D eigenvalue weighted by Crippen LogP contribution is 2.30. The molecule has 3 amide bonds. The second kappa shape index (κ2) is 9.70. The quantitative estimate of drug-likeness (QED) is 0.631. The number of carbonyl (C=O) groups is 3. The van der Waals surface area contributed by atoms with Crippen molar-refractivity contribution in [3.8, 4) is 0 Å². The van der Waals surface area contributed by atoms with Crippen molar-refractivity contribution in [3.05, 3.63) is 65.5 Å². The van der Waals surface area contributed by atoms with Crippen molar-refractivity contribution in [1.82, 2.24) is 14.5 Å². The van der Waals surface area contributed by atoms with Crippen LogP contribution in [0.25, 0.3) is 0 Å². The number of nitrogens with one attached hydrogen (secondary N) is 1. The molecule has 0 aromatic heterocycles. The van der Waals surface area contributed by atoms with Gasteiger partial charge in [0.25, 0.3) is 15.9 Å². The number of hydrogen-bond acceptors (Lipinski definition) is 5. The molecule has 1 aliphatic rings. The van der Waals surface area contributed by atoms with E-state index in [9.17, 15) is 27.2 Å². The van der Waals surface area contributed by atoms with Gasteiger partial charge in [-0.25, -0.2) is 17.1 Å². The SMILES string of the molecule is CC[C@H](C)NC(=O)[C@@H](C)N(Cc1ccc(F)cc1)C(=O)CN1C(=O)c2ccccc2S1(=O)=O. The van der Waals surface area contributed by atoms with Crippen LogP contribution in [0.1, 0.15) is 43.1 Å². The Hall–Kier alpha value is -3.27. The molecule has 0 unspecified atom stereocenters. The van der Waals surface area contributed by atoms with E-state index in [4.69, 9.17) is 0 Å². The molecule has 0 spiro atoms. The van der Waals surface area contributed by atoms with E-state index in [1.54, 1.807) is 6.07 Å². The fraction of sp³-hybridized carbons (Fsp3) is 0.348. The smallest absolute Gasteiger partial charge is 0.269 e. The molecular formula is C23H26FN3O5S. The van der Waals surface area contributed by atoms with E-state index in [0.29, 0.717) is 16.3 Å². The molecule has 0 radical (unpaired) electrons. The lowest BCUT2D eigenvalue weighted by atomic mass is 10.1. The maximum Gasteiger partial charge on any atom is 0.269 e. The monoisotopic (exact) mass is 475 g/mol. The normalized spacial score (nSPS) is 16.1. The molecule has 2 atom stereocenters. The van der Waals surface area contributed by atoms with Crippen LogP contribution in [0.3, 0.4) is 0 Å². The lowest BCUT2D eigenvalue weighted by Gasteiger charge is -2.30. The predicted molar refractivity (Wildman–Crippen MR) is 119 cm³/mol. The Kier molecular flexibility index (Phi) is 7.16. The van der Waals surface area contributed by atoms with Crippen molar-refractivity contribution < 1.29 is 27.2 Å². The lowest BCUT2D eigenvalue weighted by molar-refractivity contribution is -0.140. The summed E-state index contributed by atoms with van der Waals surface area (Å²) in [5.41, 5.74) is 0.546. The molecule has 0 bridgehead atoms. The van der Waals surface area contributed by atoms with Crippen molar-refractivity contribution in [3.63, 3.8) is 0 Å². The predicted octanol–water partition coefficient (Wildman–Crippen LogP) is 2.30. The number of hydrogen-bond donors (Lipinski definition) is 1. The van der Waals surface area contributed by atoms with Crippen molar-refractivity contribution in [2.75, 3.05) is 6.54 Å². The van der Waals surface area contributed by atoms with Gasteiger partial charge in [0.1, 0.15) is 23.3 Å². The summed E-state index contributed by atoms with van der Waals surface area (Å²) in [6.07, 6.45) is 0.684. The van der Waals surface area contributed by atoms with E-state index in [-0.39, 0.29) is 23.0 Å². The van der Waals surface area contributed by atoms with Crippen LogP contribution in [0.15, 0.2) is 53.4 Å². The molecule has 8 nitrogen and oxygen atoms in total. The van der Waals surface area contributed by atoms with Gasteiger partial charge in [-0.1, -0.05) is 31.2 Å². The summed E-state index contributed by atoms with van der Waals surface area (Å²) in [5, 5.41) is 2.80.